The van der Waals surface area contributed by atoms with Gasteiger partial charge >= 0.3 is 0 Å². The molecule has 0 unspecified atom stereocenters. The molecule has 0 aromatic heterocycles. The second kappa shape index (κ2) is 6.95. The van der Waals surface area contributed by atoms with Crippen LogP contribution >= 0.6 is 0 Å². The van der Waals surface area contributed by atoms with Crippen molar-refractivity contribution in [1.82, 2.24) is 0 Å². The standard InChI is InChI=1S/C16H15F2NO4/c1-21-13-8-15(23-3)14(22-2)7-12(13)16(20)19-11-5-9(17)4-10(18)6-11/h4-8H,1-3H3,(H,19,20). The van der Waals surface area contributed by atoms with E-state index in [1.807, 2.05) is 0 Å². The first kappa shape index (κ1) is 16.5. The third-order valence-electron chi connectivity index (χ3n) is 3.07. The van der Waals surface area contributed by atoms with E-state index in [-0.39, 0.29) is 17.0 Å². The molecule has 0 saturated heterocycles. The van der Waals surface area contributed by atoms with Gasteiger partial charge in [0.05, 0.1) is 26.9 Å². The Balaban J connectivity index is 2.38. The molecule has 0 heterocycles. The Bertz CT molecular complexity index is 714. The Hall–Kier alpha value is -2.83. The van der Waals surface area contributed by atoms with Crippen LogP contribution in [0.15, 0.2) is 30.3 Å². The summed E-state index contributed by atoms with van der Waals surface area (Å²) in [6.07, 6.45) is 0. The lowest BCUT2D eigenvalue weighted by atomic mass is 10.1. The fraction of sp³-hybridized carbons (Fsp3) is 0.188. The molecule has 0 aliphatic heterocycles. The molecule has 23 heavy (non-hydrogen) atoms. The van der Waals surface area contributed by atoms with Crippen LogP contribution in [0.25, 0.3) is 0 Å². The zero-order valence-electron chi connectivity index (χ0n) is 12.8. The number of halogens is 2. The molecule has 0 spiro atoms. The van der Waals surface area contributed by atoms with Crippen LogP contribution in [-0.2, 0) is 0 Å². The normalized spacial score (nSPS) is 10.1. The number of nitrogens with one attached hydrogen (secondary N) is 1. The Morgan fingerprint density at radius 2 is 1.35 bits per heavy atom. The van der Waals surface area contributed by atoms with Gasteiger partial charge in [-0.2, -0.15) is 0 Å². The number of carbonyl (C=O) groups is 1. The lowest BCUT2D eigenvalue weighted by Gasteiger charge is -2.14. The zero-order valence-corrected chi connectivity index (χ0v) is 12.8. The van der Waals surface area contributed by atoms with Gasteiger partial charge in [0.2, 0.25) is 0 Å². The molecule has 0 radical (unpaired) electrons. The van der Waals surface area contributed by atoms with E-state index in [2.05, 4.69) is 5.32 Å². The molecule has 0 fully saturated rings. The lowest BCUT2D eigenvalue weighted by Crippen LogP contribution is -2.14. The van der Waals surface area contributed by atoms with E-state index in [0.717, 1.165) is 12.1 Å². The van der Waals surface area contributed by atoms with E-state index in [4.69, 9.17) is 14.2 Å². The molecule has 2 aromatic rings. The number of methoxy groups -OCH3 is 3. The van der Waals surface area contributed by atoms with Crippen LogP contribution in [0, 0.1) is 11.6 Å². The Morgan fingerprint density at radius 3 is 1.87 bits per heavy atom. The van der Waals surface area contributed by atoms with Crippen molar-refractivity contribution >= 4 is 11.6 Å². The first-order chi connectivity index (χ1) is 11.0. The number of anilines is 1. The van der Waals surface area contributed by atoms with E-state index in [9.17, 15) is 13.6 Å². The third kappa shape index (κ3) is 3.68. The van der Waals surface area contributed by atoms with Crippen molar-refractivity contribution in [3.8, 4) is 17.2 Å². The maximum atomic E-state index is 13.2. The highest BCUT2D eigenvalue weighted by Crippen LogP contribution is 2.35. The smallest absolute Gasteiger partial charge is 0.259 e. The quantitative estimate of drug-likeness (QED) is 0.918. The number of hydrogen-bond donors (Lipinski definition) is 1. The maximum absolute atomic E-state index is 13.2. The highest BCUT2D eigenvalue weighted by molar-refractivity contribution is 6.06. The van der Waals surface area contributed by atoms with Crippen LogP contribution < -0.4 is 19.5 Å². The molecule has 0 saturated carbocycles. The molecule has 122 valence electrons. The number of ether oxygens (including phenoxy) is 3. The summed E-state index contributed by atoms with van der Waals surface area (Å²) in [5.74, 6) is -1.24. The highest BCUT2D eigenvalue weighted by Gasteiger charge is 2.18. The third-order valence-corrected chi connectivity index (χ3v) is 3.07. The fourth-order valence-electron chi connectivity index (χ4n) is 2.03. The van der Waals surface area contributed by atoms with E-state index in [1.165, 1.54) is 33.5 Å². The van der Waals surface area contributed by atoms with Gasteiger partial charge in [0.15, 0.2) is 11.5 Å². The van der Waals surface area contributed by atoms with Gasteiger partial charge in [0.25, 0.3) is 5.91 Å². The fourth-order valence-corrected chi connectivity index (χ4v) is 2.03. The van der Waals surface area contributed by atoms with E-state index >= 15 is 0 Å². The Morgan fingerprint density at radius 1 is 0.826 bits per heavy atom. The van der Waals surface area contributed by atoms with Crippen LogP contribution in [0.2, 0.25) is 0 Å². The summed E-state index contributed by atoms with van der Waals surface area (Å²) in [6.45, 7) is 0. The first-order valence-electron chi connectivity index (χ1n) is 6.56. The monoisotopic (exact) mass is 323 g/mol. The van der Waals surface area contributed by atoms with E-state index in [0.29, 0.717) is 17.6 Å². The molecule has 1 N–H and O–H groups in total. The second-order valence-corrected chi connectivity index (χ2v) is 4.52. The summed E-state index contributed by atoms with van der Waals surface area (Å²) in [7, 11) is 4.26. The summed E-state index contributed by atoms with van der Waals surface area (Å²) in [5, 5.41) is 2.41. The molecule has 5 nitrogen and oxygen atoms in total. The van der Waals surface area contributed by atoms with Gasteiger partial charge in [-0.3, -0.25) is 4.79 Å². The highest BCUT2D eigenvalue weighted by atomic mass is 19.1. The minimum atomic E-state index is -0.792. The molecule has 7 heteroatoms. The molecule has 0 aliphatic rings. The van der Waals surface area contributed by atoms with Crippen molar-refractivity contribution in [2.75, 3.05) is 26.6 Å². The van der Waals surface area contributed by atoms with E-state index in [1.54, 1.807) is 0 Å². The zero-order chi connectivity index (χ0) is 17.0. The molecule has 2 aromatic carbocycles. The molecule has 2 rings (SSSR count). The number of benzene rings is 2. The molecule has 1 amide bonds. The van der Waals surface area contributed by atoms with Crippen molar-refractivity contribution in [2.45, 2.75) is 0 Å². The average Bonchev–Trinajstić information content (AvgIpc) is 2.52. The Labute approximate surface area is 131 Å². The summed E-state index contributed by atoms with van der Waals surface area (Å²) in [5.41, 5.74) is 0.124. The molecule has 0 aliphatic carbocycles. The van der Waals surface area contributed by atoms with Gasteiger partial charge in [0.1, 0.15) is 17.4 Å². The summed E-state index contributed by atoms with van der Waals surface area (Å²) in [6, 6.07) is 5.64. The van der Waals surface area contributed by atoms with Gasteiger partial charge in [-0.1, -0.05) is 0 Å². The predicted molar refractivity (Wildman–Crippen MR) is 80.4 cm³/mol. The van der Waals surface area contributed by atoms with Crippen LogP contribution in [0.4, 0.5) is 14.5 Å². The van der Waals surface area contributed by atoms with Gasteiger partial charge in [-0.15, -0.1) is 0 Å². The van der Waals surface area contributed by atoms with Crippen molar-refractivity contribution in [3.63, 3.8) is 0 Å². The lowest BCUT2D eigenvalue weighted by molar-refractivity contribution is 0.102. The molecule has 0 bridgehead atoms. The summed E-state index contributed by atoms with van der Waals surface area (Å²) < 4.78 is 41.8. The first-order valence-corrected chi connectivity index (χ1v) is 6.56. The number of amides is 1. The molecular formula is C16H15F2NO4. The van der Waals surface area contributed by atoms with Crippen LogP contribution in [0.3, 0.4) is 0 Å². The number of hydrogen-bond acceptors (Lipinski definition) is 4. The van der Waals surface area contributed by atoms with Crippen LogP contribution in [-0.4, -0.2) is 27.2 Å². The number of rotatable bonds is 5. The van der Waals surface area contributed by atoms with Gasteiger partial charge in [0, 0.05) is 23.9 Å². The van der Waals surface area contributed by atoms with Gasteiger partial charge < -0.3 is 19.5 Å². The largest absolute Gasteiger partial charge is 0.496 e. The van der Waals surface area contributed by atoms with Gasteiger partial charge in [-0.05, 0) is 12.1 Å². The summed E-state index contributed by atoms with van der Waals surface area (Å²) in [4.78, 5) is 12.4. The molecule has 0 atom stereocenters. The minimum absolute atomic E-state index is 0.00987. The van der Waals surface area contributed by atoms with Crippen LogP contribution in [0.5, 0.6) is 17.2 Å². The number of carbonyl (C=O) groups excluding carboxylic acids is 1. The average molecular weight is 323 g/mol. The molecular weight excluding hydrogens is 308 g/mol. The minimum Gasteiger partial charge on any atom is -0.496 e. The van der Waals surface area contributed by atoms with Gasteiger partial charge in [-0.25, -0.2) is 8.78 Å². The van der Waals surface area contributed by atoms with Crippen molar-refractivity contribution in [2.24, 2.45) is 0 Å². The Kier molecular flexibility index (Phi) is 5.00. The van der Waals surface area contributed by atoms with Crippen molar-refractivity contribution in [1.29, 1.82) is 0 Å². The predicted octanol–water partition coefficient (Wildman–Crippen LogP) is 3.24. The SMILES string of the molecule is COc1cc(OC)c(C(=O)Nc2cc(F)cc(F)c2)cc1OC. The van der Waals surface area contributed by atoms with Crippen molar-refractivity contribution in [3.05, 3.63) is 47.5 Å². The second-order valence-electron chi connectivity index (χ2n) is 4.52. The topological polar surface area (TPSA) is 56.8 Å². The van der Waals surface area contributed by atoms with E-state index < -0.39 is 17.5 Å². The maximum Gasteiger partial charge on any atom is 0.259 e. The van der Waals surface area contributed by atoms with Crippen LogP contribution in [0.1, 0.15) is 10.4 Å². The van der Waals surface area contributed by atoms with Crippen molar-refractivity contribution < 1.29 is 27.8 Å². The summed E-state index contributed by atoms with van der Waals surface area (Å²) >= 11 is 0.